The van der Waals surface area contributed by atoms with Gasteiger partial charge in [0, 0.05) is 33.2 Å². The lowest BCUT2D eigenvalue weighted by Gasteiger charge is -2.11. The van der Waals surface area contributed by atoms with Gasteiger partial charge in [0.15, 0.2) is 17.5 Å². The summed E-state index contributed by atoms with van der Waals surface area (Å²) in [5, 5.41) is 0.142. The second-order valence-electron chi connectivity index (χ2n) is 11.6. The Morgan fingerprint density at radius 1 is 0.367 bits per heavy atom. The van der Waals surface area contributed by atoms with Gasteiger partial charge in [0.05, 0.1) is 20.6 Å². The van der Waals surface area contributed by atoms with Gasteiger partial charge in [0.25, 0.3) is 0 Å². The van der Waals surface area contributed by atoms with E-state index in [4.69, 9.17) is 20.4 Å². The Hall–Kier alpha value is -6.65. The maximum absolute atomic E-state index is 9.79. The summed E-state index contributed by atoms with van der Waals surface area (Å²) in [6.07, 6.45) is 0. The summed E-state index contributed by atoms with van der Waals surface area (Å²) in [5.74, 6) is 0.650. The van der Waals surface area contributed by atoms with Crippen LogP contribution in [0.25, 0.3) is 83.9 Å². The number of fused-ring (bicyclic) bond motifs is 3. The molecule has 0 amide bonds. The molecule has 4 heteroatoms. The summed E-state index contributed by atoms with van der Waals surface area (Å²) >= 11 is 0. The fraction of sp³-hybridized carbons (Fsp3) is 0. The van der Waals surface area contributed by atoms with E-state index in [-0.39, 0.29) is 63.4 Å². The molecule has 4 nitrogen and oxygen atoms in total. The van der Waals surface area contributed by atoms with Gasteiger partial charge in [-0.25, -0.2) is 15.0 Å². The van der Waals surface area contributed by atoms with Gasteiger partial charge < -0.3 is 4.57 Å². The molecule has 0 aliphatic rings. The number of hydrogen-bond acceptors (Lipinski definition) is 3. The number of benzene rings is 7. The predicted molar refractivity (Wildman–Crippen MR) is 201 cm³/mol. The Bertz CT molecular complexity index is 2950. The fourth-order valence-corrected chi connectivity index (χ4v) is 6.09. The van der Waals surface area contributed by atoms with Crippen molar-refractivity contribution in [3.05, 3.63) is 182 Å². The van der Waals surface area contributed by atoms with E-state index in [1.165, 1.54) is 0 Å². The van der Waals surface area contributed by atoms with E-state index in [1.54, 1.807) is 4.57 Å². The molecule has 0 spiro atoms. The number of nitrogens with zero attached hydrogens (tertiary/aromatic N) is 4. The zero-order valence-corrected chi connectivity index (χ0v) is 26.1. The maximum Gasteiger partial charge on any atom is 0.164 e. The zero-order chi connectivity index (χ0) is 38.7. The van der Waals surface area contributed by atoms with Crippen LogP contribution in [0.2, 0.25) is 0 Å². The first kappa shape index (κ1) is 22.0. The van der Waals surface area contributed by atoms with Crippen LogP contribution in [0.5, 0.6) is 0 Å². The van der Waals surface area contributed by atoms with Crippen molar-refractivity contribution < 1.29 is 9.60 Å². The van der Waals surface area contributed by atoms with Gasteiger partial charge in [-0.1, -0.05) is 158 Å². The van der Waals surface area contributed by atoms with E-state index in [9.17, 15) is 4.11 Å². The van der Waals surface area contributed by atoms with E-state index in [0.717, 1.165) is 22.3 Å². The van der Waals surface area contributed by atoms with Crippen LogP contribution in [0.15, 0.2) is 182 Å². The van der Waals surface area contributed by atoms with Crippen LogP contribution in [0.1, 0.15) is 9.60 Å². The number of para-hydroxylation sites is 1. The molecule has 2 aromatic heterocycles. The normalized spacial score (nSPS) is 13.3. The van der Waals surface area contributed by atoms with E-state index >= 15 is 0 Å². The topological polar surface area (TPSA) is 43.6 Å². The van der Waals surface area contributed by atoms with Crippen LogP contribution in [0.3, 0.4) is 0 Å². The van der Waals surface area contributed by atoms with Crippen LogP contribution >= 0.6 is 0 Å². The fourth-order valence-electron chi connectivity index (χ4n) is 6.09. The first-order valence-electron chi connectivity index (χ1n) is 19.4. The van der Waals surface area contributed by atoms with Crippen molar-refractivity contribution >= 4 is 21.8 Å². The third-order valence-corrected chi connectivity index (χ3v) is 8.53. The van der Waals surface area contributed by atoms with E-state index in [2.05, 4.69) is 0 Å². The van der Waals surface area contributed by atoms with Crippen LogP contribution in [-0.4, -0.2) is 19.5 Å². The molecule has 0 saturated heterocycles. The van der Waals surface area contributed by atoms with Crippen LogP contribution in [-0.2, 0) is 0 Å². The second-order valence-corrected chi connectivity index (χ2v) is 11.6. The molecule has 0 atom stereocenters. The Morgan fingerprint density at radius 3 is 1.39 bits per heavy atom. The molecule has 2 heterocycles. The summed E-state index contributed by atoms with van der Waals surface area (Å²) in [5.41, 5.74) is 6.12. The molecule has 49 heavy (non-hydrogen) atoms. The highest BCUT2D eigenvalue weighted by atomic mass is 15.0. The lowest BCUT2D eigenvalue weighted by atomic mass is 10.0. The quantitative estimate of drug-likeness (QED) is 0.183. The summed E-state index contributed by atoms with van der Waals surface area (Å²) in [7, 11) is 0. The molecule has 0 unspecified atom stereocenters. The monoisotopic (exact) mass is 633 g/mol. The molecule has 9 rings (SSSR count). The number of rotatable bonds is 6. The first-order chi connectivity index (χ1) is 27.2. The molecular formula is C45H30N4. The van der Waals surface area contributed by atoms with Gasteiger partial charge in [0.2, 0.25) is 0 Å². The highest BCUT2D eigenvalue weighted by Gasteiger charge is 2.17. The minimum Gasteiger partial charge on any atom is -0.309 e. The molecule has 0 bridgehead atoms. The second kappa shape index (κ2) is 12.2. The minimum atomic E-state index is -0.463. The number of hydrogen-bond donors (Lipinski definition) is 0. The summed E-state index contributed by atoms with van der Waals surface area (Å²) in [6.45, 7) is 0. The highest BCUT2D eigenvalue weighted by molar-refractivity contribution is 6.10. The molecule has 0 N–H and O–H groups in total. The van der Waals surface area contributed by atoms with Crippen molar-refractivity contribution in [1.82, 2.24) is 19.5 Å². The standard InChI is InChI=1S/C45H30N4/c1-4-12-31(13-5-1)33-20-22-36(23-21-33)44-46-43(35-16-8-3-9-17-35)47-45(48-44)37-26-29-40-39-18-10-11-19-41(39)49(42(40)30-37)38-27-24-34(25-28-38)32-14-6-2-7-15-32/h1-30H/i10D,11D,18D,19D,26D,29D,30D. The molecule has 0 saturated carbocycles. The lowest BCUT2D eigenvalue weighted by molar-refractivity contribution is 1.07. The third-order valence-electron chi connectivity index (χ3n) is 8.53. The average molecular weight is 634 g/mol. The van der Waals surface area contributed by atoms with Crippen LogP contribution in [0, 0.1) is 0 Å². The largest absolute Gasteiger partial charge is 0.309 e. The summed E-state index contributed by atoms with van der Waals surface area (Å²) < 4.78 is 65.3. The van der Waals surface area contributed by atoms with Gasteiger partial charge in [-0.05, 0) is 46.5 Å². The van der Waals surface area contributed by atoms with Gasteiger partial charge in [-0.15, -0.1) is 0 Å². The van der Waals surface area contributed by atoms with Crippen LogP contribution in [0.4, 0.5) is 0 Å². The van der Waals surface area contributed by atoms with Crippen molar-refractivity contribution in [3.63, 3.8) is 0 Å². The molecule has 9 aromatic rings. The van der Waals surface area contributed by atoms with E-state index in [1.807, 2.05) is 140 Å². The van der Waals surface area contributed by atoms with E-state index in [0.29, 0.717) is 28.5 Å². The van der Waals surface area contributed by atoms with Crippen molar-refractivity contribution in [2.45, 2.75) is 0 Å². The van der Waals surface area contributed by atoms with Crippen molar-refractivity contribution in [2.75, 3.05) is 0 Å². The van der Waals surface area contributed by atoms with Crippen LogP contribution < -0.4 is 0 Å². The molecular weight excluding hydrogens is 597 g/mol. The van der Waals surface area contributed by atoms with Crippen molar-refractivity contribution in [1.29, 1.82) is 0 Å². The molecule has 0 fully saturated rings. The molecule has 0 aliphatic carbocycles. The third kappa shape index (κ3) is 5.35. The molecule has 7 aromatic carbocycles. The van der Waals surface area contributed by atoms with Gasteiger partial charge in [0.1, 0.15) is 0 Å². The summed E-state index contributed by atoms with van der Waals surface area (Å²) in [4.78, 5) is 14.5. The maximum atomic E-state index is 9.79. The molecule has 230 valence electrons. The van der Waals surface area contributed by atoms with Gasteiger partial charge >= 0.3 is 0 Å². The van der Waals surface area contributed by atoms with Crippen molar-refractivity contribution in [2.24, 2.45) is 0 Å². The first-order valence-corrected chi connectivity index (χ1v) is 15.9. The molecule has 0 aliphatic heterocycles. The summed E-state index contributed by atoms with van der Waals surface area (Å²) in [6, 6.07) is 42.0. The van der Waals surface area contributed by atoms with Gasteiger partial charge in [-0.3, -0.25) is 0 Å². The average Bonchev–Trinajstić information content (AvgIpc) is 3.62. The Morgan fingerprint density at radius 2 is 0.796 bits per heavy atom. The Balaban J connectivity index is 1.32. The lowest BCUT2D eigenvalue weighted by Crippen LogP contribution is -2.00. The van der Waals surface area contributed by atoms with Crippen molar-refractivity contribution in [3.8, 4) is 62.1 Å². The molecule has 0 radical (unpaired) electrons. The highest BCUT2D eigenvalue weighted by Crippen LogP contribution is 2.35. The van der Waals surface area contributed by atoms with E-state index < -0.39 is 12.1 Å². The Kier molecular flexibility index (Phi) is 5.47. The smallest absolute Gasteiger partial charge is 0.164 e. The SMILES string of the molecule is [2H]c1c([2H])c([2H])c2c(c1[2H])c1c([2H])c([2H])c(-c3nc(-c4ccccc4)nc(-c4ccc(-c5ccccc5)cc4)n3)c([2H])c1n2-c1ccc(-c2ccccc2)cc1. The minimum absolute atomic E-state index is 0.0159. The van der Waals surface area contributed by atoms with Gasteiger partial charge in [-0.2, -0.15) is 0 Å². The Labute approximate surface area is 294 Å². The number of aromatic nitrogens is 4. The predicted octanol–water partition coefficient (Wildman–Crippen LogP) is 11.3. The zero-order valence-electron chi connectivity index (χ0n) is 33.1.